The molecule has 0 aromatic carbocycles. The predicted molar refractivity (Wildman–Crippen MR) is 39.6 cm³/mol. The van der Waals surface area contributed by atoms with Crippen LogP contribution in [0, 0.1) is 0 Å². The van der Waals surface area contributed by atoms with Gasteiger partial charge >= 0.3 is 0 Å². The molecule has 0 spiro atoms. The SMILES string of the molecule is C.CC1CN1.CC1CO1. The van der Waals surface area contributed by atoms with Gasteiger partial charge in [0.25, 0.3) is 0 Å². The van der Waals surface area contributed by atoms with Gasteiger partial charge in [-0.25, -0.2) is 0 Å². The summed E-state index contributed by atoms with van der Waals surface area (Å²) < 4.78 is 4.71. The molecule has 1 N–H and O–H groups in total. The minimum atomic E-state index is 0. The van der Waals surface area contributed by atoms with E-state index in [-0.39, 0.29) is 7.43 Å². The van der Waals surface area contributed by atoms with Crippen LogP contribution in [-0.4, -0.2) is 25.3 Å². The maximum atomic E-state index is 4.71. The maximum Gasteiger partial charge on any atom is 0.0781 e. The molecule has 9 heavy (non-hydrogen) atoms. The van der Waals surface area contributed by atoms with Crippen molar-refractivity contribution in [3.63, 3.8) is 0 Å². The van der Waals surface area contributed by atoms with Crippen LogP contribution >= 0.6 is 0 Å². The zero-order chi connectivity index (χ0) is 5.98. The molecule has 0 aromatic rings. The number of nitrogens with one attached hydrogen (secondary N) is 1. The predicted octanol–water partition coefficient (Wildman–Crippen LogP) is 1.02. The Morgan fingerprint density at radius 2 is 1.67 bits per heavy atom. The van der Waals surface area contributed by atoms with E-state index < -0.39 is 0 Å². The molecule has 2 rings (SSSR count). The van der Waals surface area contributed by atoms with Crippen molar-refractivity contribution in [3.05, 3.63) is 0 Å². The summed E-state index contributed by atoms with van der Waals surface area (Å²) in [5.41, 5.74) is 0. The first-order valence-electron chi connectivity index (χ1n) is 3.14. The fourth-order valence-corrected chi connectivity index (χ4v) is 0.214. The minimum Gasteiger partial charge on any atom is -0.373 e. The summed E-state index contributed by atoms with van der Waals surface area (Å²) in [6.07, 6.45) is 0.583. The summed E-state index contributed by atoms with van der Waals surface area (Å²) in [5.74, 6) is 0. The van der Waals surface area contributed by atoms with E-state index in [0.29, 0.717) is 6.10 Å². The van der Waals surface area contributed by atoms with Crippen LogP contribution in [0.15, 0.2) is 0 Å². The van der Waals surface area contributed by atoms with Crippen LogP contribution in [0.5, 0.6) is 0 Å². The molecule has 2 atom stereocenters. The Morgan fingerprint density at radius 1 is 1.44 bits per heavy atom. The van der Waals surface area contributed by atoms with Crippen molar-refractivity contribution in [3.8, 4) is 0 Å². The van der Waals surface area contributed by atoms with Crippen LogP contribution < -0.4 is 5.32 Å². The molecule has 0 radical (unpaired) electrons. The van der Waals surface area contributed by atoms with E-state index in [1.807, 2.05) is 0 Å². The van der Waals surface area contributed by atoms with Crippen LogP contribution in [0.1, 0.15) is 21.3 Å². The topological polar surface area (TPSA) is 34.5 Å². The second-order valence-corrected chi connectivity index (χ2v) is 2.45. The molecule has 2 heterocycles. The van der Waals surface area contributed by atoms with Crippen molar-refractivity contribution in [1.29, 1.82) is 0 Å². The Morgan fingerprint density at radius 3 is 1.67 bits per heavy atom. The van der Waals surface area contributed by atoms with Gasteiger partial charge in [0.15, 0.2) is 0 Å². The molecule has 0 aromatic heterocycles. The third-order valence-electron chi connectivity index (χ3n) is 1.11. The second kappa shape index (κ2) is 3.85. The van der Waals surface area contributed by atoms with Gasteiger partial charge in [-0.3, -0.25) is 0 Å². The molecule has 0 aliphatic carbocycles. The van der Waals surface area contributed by atoms with Crippen LogP contribution in [0.4, 0.5) is 0 Å². The van der Waals surface area contributed by atoms with E-state index >= 15 is 0 Å². The largest absolute Gasteiger partial charge is 0.373 e. The van der Waals surface area contributed by atoms with E-state index in [9.17, 15) is 0 Å². The number of hydrogen-bond acceptors (Lipinski definition) is 2. The molecule has 2 nitrogen and oxygen atoms in total. The standard InChI is InChI=1S/C3H7N.C3H6O.CH4/c2*1-3-2-4-3;/h3-4H,2H2,1H3;3H,2H2,1H3;1H4. The van der Waals surface area contributed by atoms with E-state index in [1.54, 1.807) is 0 Å². The molecular weight excluding hydrogens is 114 g/mol. The highest BCUT2D eigenvalue weighted by atomic mass is 16.6. The Labute approximate surface area is 57.6 Å². The first-order valence-corrected chi connectivity index (χ1v) is 3.14. The monoisotopic (exact) mass is 131 g/mol. The lowest BCUT2D eigenvalue weighted by Crippen LogP contribution is -1.72. The fourth-order valence-electron chi connectivity index (χ4n) is 0.214. The van der Waals surface area contributed by atoms with E-state index in [2.05, 4.69) is 19.2 Å². The van der Waals surface area contributed by atoms with E-state index in [0.717, 1.165) is 12.6 Å². The van der Waals surface area contributed by atoms with Crippen molar-refractivity contribution >= 4 is 0 Å². The Hall–Kier alpha value is -0.0800. The highest BCUT2D eigenvalue weighted by Gasteiger charge is 2.13. The highest BCUT2D eigenvalue weighted by Crippen LogP contribution is 2.04. The van der Waals surface area contributed by atoms with Gasteiger partial charge in [-0.1, -0.05) is 7.43 Å². The van der Waals surface area contributed by atoms with Crippen LogP contribution in [-0.2, 0) is 4.74 Å². The normalized spacial score (nSPS) is 35.3. The van der Waals surface area contributed by atoms with Gasteiger partial charge in [0.05, 0.1) is 12.7 Å². The third kappa shape index (κ3) is 7.92. The summed E-state index contributed by atoms with van der Waals surface area (Å²) in [4.78, 5) is 0. The smallest absolute Gasteiger partial charge is 0.0781 e. The van der Waals surface area contributed by atoms with Gasteiger partial charge < -0.3 is 10.1 Å². The first kappa shape index (κ1) is 8.92. The molecule has 2 unspecified atom stereocenters. The van der Waals surface area contributed by atoms with Gasteiger partial charge in [0.2, 0.25) is 0 Å². The van der Waals surface area contributed by atoms with Gasteiger partial charge in [-0.15, -0.1) is 0 Å². The molecule has 2 fully saturated rings. The lowest BCUT2D eigenvalue weighted by Gasteiger charge is -1.53. The summed E-state index contributed by atoms with van der Waals surface area (Å²) in [6, 6.07) is 0.833. The molecule has 56 valence electrons. The van der Waals surface area contributed by atoms with Gasteiger partial charge in [-0.05, 0) is 13.8 Å². The van der Waals surface area contributed by atoms with E-state index in [1.165, 1.54) is 6.54 Å². The quantitative estimate of drug-likeness (QED) is 0.498. The molecule has 0 saturated carbocycles. The molecule has 0 amide bonds. The molecule has 2 saturated heterocycles. The van der Waals surface area contributed by atoms with Crippen molar-refractivity contribution in [2.24, 2.45) is 0 Å². The van der Waals surface area contributed by atoms with Crippen LogP contribution in [0.25, 0.3) is 0 Å². The van der Waals surface area contributed by atoms with Gasteiger partial charge in [0, 0.05) is 12.6 Å². The fraction of sp³-hybridized carbons (Fsp3) is 1.00. The minimum absolute atomic E-state index is 0. The lowest BCUT2D eigenvalue weighted by atomic mass is 10.6. The van der Waals surface area contributed by atoms with Gasteiger partial charge in [0.1, 0.15) is 0 Å². The first-order chi connectivity index (χ1) is 3.79. The number of ether oxygens (including phenoxy) is 1. The van der Waals surface area contributed by atoms with Crippen molar-refractivity contribution in [2.75, 3.05) is 13.2 Å². The average Bonchev–Trinajstić information content (AvgIpc) is 2.47. The molecule has 2 aliphatic rings. The maximum absolute atomic E-state index is 4.71. The summed E-state index contributed by atoms with van der Waals surface area (Å²) in [7, 11) is 0. The highest BCUT2D eigenvalue weighted by molar-refractivity contribution is 4.76. The zero-order valence-corrected chi connectivity index (χ0v) is 5.48. The molecular formula is C7H17NO. The average molecular weight is 131 g/mol. The van der Waals surface area contributed by atoms with Crippen LogP contribution in [0.2, 0.25) is 0 Å². The Kier molecular flexibility index (Phi) is 3.82. The Bertz CT molecular complexity index is 57.3. The van der Waals surface area contributed by atoms with Crippen molar-refractivity contribution in [2.45, 2.75) is 33.4 Å². The summed E-state index contributed by atoms with van der Waals surface area (Å²) in [5, 5.41) is 3.10. The number of epoxide rings is 1. The van der Waals surface area contributed by atoms with Crippen molar-refractivity contribution < 1.29 is 4.74 Å². The molecule has 0 bridgehead atoms. The number of rotatable bonds is 0. The third-order valence-corrected chi connectivity index (χ3v) is 1.11. The van der Waals surface area contributed by atoms with Crippen molar-refractivity contribution in [1.82, 2.24) is 5.32 Å². The summed E-state index contributed by atoms with van der Waals surface area (Å²) >= 11 is 0. The lowest BCUT2D eigenvalue weighted by molar-refractivity contribution is 0.423. The Balaban J connectivity index is 0.000000128. The number of hydrogen-bond donors (Lipinski definition) is 1. The zero-order valence-electron chi connectivity index (χ0n) is 5.48. The molecule has 2 aliphatic heterocycles. The second-order valence-electron chi connectivity index (χ2n) is 2.45. The van der Waals surface area contributed by atoms with Crippen LogP contribution in [0.3, 0.4) is 0 Å². The van der Waals surface area contributed by atoms with Gasteiger partial charge in [-0.2, -0.15) is 0 Å². The van der Waals surface area contributed by atoms with E-state index in [4.69, 9.17) is 4.74 Å². The summed E-state index contributed by atoms with van der Waals surface area (Å²) in [6.45, 7) is 6.44. The molecule has 2 heteroatoms.